The van der Waals surface area contributed by atoms with Gasteiger partial charge in [0, 0.05) is 5.69 Å². The van der Waals surface area contributed by atoms with Gasteiger partial charge in [0.2, 0.25) is 5.91 Å². The van der Waals surface area contributed by atoms with Crippen LogP contribution in [0.15, 0.2) is 60.7 Å². The Morgan fingerprint density at radius 3 is 2.05 bits per heavy atom. The summed E-state index contributed by atoms with van der Waals surface area (Å²) in [6.45, 7) is 0. The standard InChI is InChI=1S/C16H15NO3/c18-15(19)11-14(12-7-3-1-4-8-12)16(20)17-13-9-5-2-6-10-13/h1-10,14H,11H2,(H,17,20)(H,18,19)/t14-/m0/s1. The van der Waals surface area contributed by atoms with Crippen molar-refractivity contribution in [3.63, 3.8) is 0 Å². The van der Waals surface area contributed by atoms with E-state index in [1.807, 2.05) is 24.3 Å². The minimum atomic E-state index is -0.998. The molecule has 0 unspecified atom stereocenters. The molecule has 0 fully saturated rings. The highest BCUT2D eigenvalue weighted by Gasteiger charge is 2.23. The van der Waals surface area contributed by atoms with Crippen LogP contribution in [0.3, 0.4) is 0 Å². The lowest BCUT2D eigenvalue weighted by molar-refractivity contribution is -0.139. The van der Waals surface area contributed by atoms with Crippen LogP contribution in [0.1, 0.15) is 17.9 Å². The molecule has 0 aliphatic carbocycles. The number of anilines is 1. The number of para-hydroxylation sites is 1. The Labute approximate surface area is 117 Å². The van der Waals surface area contributed by atoms with Crippen molar-refractivity contribution in [1.29, 1.82) is 0 Å². The summed E-state index contributed by atoms with van der Waals surface area (Å²) in [5.41, 5.74) is 1.35. The van der Waals surface area contributed by atoms with Gasteiger partial charge < -0.3 is 10.4 Å². The maximum absolute atomic E-state index is 12.3. The van der Waals surface area contributed by atoms with Gasteiger partial charge in [0.25, 0.3) is 0 Å². The minimum absolute atomic E-state index is 0.233. The highest BCUT2D eigenvalue weighted by Crippen LogP contribution is 2.21. The predicted molar refractivity (Wildman–Crippen MR) is 76.5 cm³/mol. The molecule has 0 saturated carbocycles. The average Bonchev–Trinajstić information content (AvgIpc) is 2.46. The molecule has 1 atom stereocenters. The molecule has 2 aromatic rings. The van der Waals surface area contributed by atoms with Gasteiger partial charge in [-0.3, -0.25) is 9.59 Å². The van der Waals surface area contributed by atoms with Crippen molar-refractivity contribution in [2.24, 2.45) is 0 Å². The van der Waals surface area contributed by atoms with E-state index in [0.29, 0.717) is 11.3 Å². The van der Waals surface area contributed by atoms with Crippen LogP contribution in [0.4, 0.5) is 5.69 Å². The van der Waals surface area contributed by atoms with E-state index in [2.05, 4.69) is 5.32 Å². The normalized spacial score (nSPS) is 11.6. The second-order valence-corrected chi connectivity index (χ2v) is 4.42. The average molecular weight is 269 g/mol. The van der Waals surface area contributed by atoms with Gasteiger partial charge in [0.15, 0.2) is 0 Å². The zero-order valence-electron chi connectivity index (χ0n) is 10.8. The monoisotopic (exact) mass is 269 g/mol. The minimum Gasteiger partial charge on any atom is -0.481 e. The maximum Gasteiger partial charge on any atom is 0.304 e. The van der Waals surface area contributed by atoms with Crippen LogP contribution in [0.5, 0.6) is 0 Å². The van der Waals surface area contributed by atoms with E-state index in [4.69, 9.17) is 5.11 Å². The fourth-order valence-corrected chi connectivity index (χ4v) is 1.97. The molecule has 1 amide bonds. The van der Waals surface area contributed by atoms with Crippen LogP contribution >= 0.6 is 0 Å². The third kappa shape index (κ3) is 3.68. The Bertz CT molecular complexity index is 581. The zero-order chi connectivity index (χ0) is 14.4. The van der Waals surface area contributed by atoms with E-state index in [1.165, 1.54) is 0 Å². The molecule has 2 aromatic carbocycles. The Hall–Kier alpha value is -2.62. The molecular formula is C16H15NO3. The van der Waals surface area contributed by atoms with E-state index < -0.39 is 11.9 Å². The van der Waals surface area contributed by atoms with Crippen LogP contribution in [0.2, 0.25) is 0 Å². The number of aliphatic carboxylic acids is 1. The van der Waals surface area contributed by atoms with Crippen molar-refractivity contribution in [2.45, 2.75) is 12.3 Å². The number of hydrogen-bond acceptors (Lipinski definition) is 2. The Morgan fingerprint density at radius 2 is 1.50 bits per heavy atom. The van der Waals surface area contributed by atoms with E-state index in [1.54, 1.807) is 36.4 Å². The summed E-state index contributed by atoms with van der Waals surface area (Å²) in [5, 5.41) is 11.7. The number of nitrogens with one attached hydrogen (secondary N) is 1. The lowest BCUT2D eigenvalue weighted by Crippen LogP contribution is -2.23. The summed E-state index contributed by atoms with van der Waals surface area (Å²) in [6, 6.07) is 17.9. The second-order valence-electron chi connectivity index (χ2n) is 4.42. The van der Waals surface area contributed by atoms with E-state index in [0.717, 1.165) is 0 Å². The smallest absolute Gasteiger partial charge is 0.304 e. The van der Waals surface area contributed by atoms with Gasteiger partial charge >= 0.3 is 5.97 Å². The Kier molecular flexibility index (Phi) is 4.50. The molecule has 2 rings (SSSR count). The van der Waals surface area contributed by atoms with Crippen LogP contribution < -0.4 is 5.32 Å². The first kappa shape index (κ1) is 13.8. The van der Waals surface area contributed by atoms with Crippen molar-refractivity contribution in [2.75, 3.05) is 5.32 Å². The van der Waals surface area contributed by atoms with Crippen molar-refractivity contribution >= 4 is 17.6 Å². The summed E-state index contributed by atoms with van der Waals surface area (Å²) in [7, 11) is 0. The van der Waals surface area contributed by atoms with E-state index in [-0.39, 0.29) is 12.3 Å². The highest BCUT2D eigenvalue weighted by molar-refractivity contribution is 5.97. The van der Waals surface area contributed by atoms with Gasteiger partial charge in [-0.25, -0.2) is 0 Å². The van der Waals surface area contributed by atoms with E-state index in [9.17, 15) is 9.59 Å². The van der Waals surface area contributed by atoms with Gasteiger partial charge in [-0.15, -0.1) is 0 Å². The van der Waals surface area contributed by atoms with Gasteiger partial charge in [0.05, 0.1) is 12.3 Å². The number of carbonyl (C=O) groups excluding carboxylic acids is 1. The SMILES string of the molecule is O=C(O)C[C@H](C(=O)Nc1ccccc1)c1ccccc1. The number of hydrogen-bond donors (Lipinski definition) is 2. The molecule has 20 heavy (non-hydrogen) atoms. The Morgan fingerprint density at radius 1 is 0.950 bits per heavy atom. The first-order chi connectivity index (χ1) is 9.66. The third-order valence-electron chi connectivity index (χ3n) is 2.94. The van der Waals surface area contributed by atoms with Gasteiger partial charge in [-0.1, -0.05) is 48.5 Å². The number of carboxylic acid groups (broad SMARTS) is 1. The van der Waals surface area contributed by atoms with Crippen LogP contribution in [-0.2, 0) is 9.59 Å². The fourth-order valence-electron chi connectivity index (χ4n) is 1.97. The molecule has 0 aliphatic heterocycles. The molecule has 2 N–H and O–H groups in total. The molecule has 4 heteroatoms. The summed E-state index contributed by atoms with van der Waals surface area (Å²) < 4.78 is 0. The van der Waals surface area contributed by atoms with Crippen molar-refractivity contribution < 1.29 is 14.7 Å². The number of benzene rings is 2. The van der Waals surface area contributed by atoms with E-state index >= 15 is 0 Å². The molecule has 0 radical (unpaired) electrons. The summed E-state index contributed by atoms with van der Waals surface area (Å²) in [5.74, 6) is -2.01. The summed E-state index contributed by atoms with van der Waals surface area (Å²) in [4.78, 5) is 23.2. The number of carboxylic acids is 1. The highest BCUT2D eigenvalue weighted by atomic mass is 16.4. The molecule has 0 saturated heterocycles. The molecule has 0 spiro atoms. The lowest BCUT2D eigenvalue weighted by Gasteiger charge is -2.15. The van der Waals surface area contributed by atoms with Crippen LogP contribution in [0, 0.1) is 0 Å². The third-order valence-corrected chi connectivity index (χ3v) is 2.94. The largest absolute Gasteiger partial charge is 0.481 e. The van der Waals surface area contributed by atoms with Crippen molar-refractivity contribution in [1.82, 2.24) is 0 Å². The number of amides is 1. The molecule has 0 aliphatic rings. The fraction of sp³-hybridized carbons (Fsp3) is 0.125. The predicted octanol–water partition coefficient (Wildman–Crippen LogP) is 2.88. The van der Waals surface area contributed by atoms with Crippen molar-refractivity contribution in [3.05, 3.63) is 66.2 Å². The molecule has 0 aromatic heterocycles. The second kappa shape index (κ2) is 6.52. The summed E-state index contributed by atoms with van der Waals surface area (Å²) in [6.07, 6.45) is -0.233. The number of carbonyl (C=O) groups is 2. The molecular weight excluding hydrogens is 254 g/mol. The molecule has 102 valence electrons. The first-order valence-corrected chi connectivity index (χ1v) is 6.29. The summed E-state index contributed by atoms with van der Waals surface area (Å²) >= 11 is 0. The molecule has 0 heterocycles. The van der Waals surface area contributed by atoms with Gasteiger partial charge in [-0.2, -0.15) is 0 Å². The first-order valence-electron chi connectivity index (χ1n) is 6.29. The topological polar surface area (TPSA) is 66.4 Å². The molecule has 0 bridgehead atoms. The van der Waals surface area contributed by atoms with Crippen LogP contribution in [-0.4, -0.2) is 17.0 Å². The molecule has 4 nitrogen and oxygen atoms in total. The lowest BCUT2D eigenvalue weighted by atomic mass is 9.95. The van der Waals surface area contributed by atoms with Crippen LogP contribution in [0.25, 0.3) is 0 Å². The zero-order valence-corrected chi connectivity index (χ0v) is 10.8. The van der Waals surface area contributed by atoms with Gasteiger partial charge in [0.1, 0.15) is 0 Å². The Balaban J connectivity index is 2.18. The number of rotatable bonds is 5. The maximum atomic E-state index is 12.3. The van der Waals surface area contributed by atoms with Crippen molar-refractivity contribution in [3.8, 4) is 0 Å². The quantitative estimate of drug-likeness (QED) is 0.877. The van der Waals surface area contributed by atoms with Gasteiger partial charge in [-0.05, 0) is 17.7 Å².